The Morgan fingerprint density at radius 3 is 2.67 bits per heavy atom. The van der Waals surface area contributed by atoms with E-state index in [-0.39, 0.29) is 23.4 Å². The van der Waals surface area contributed by atoms with Gasteiger partial charge in [0.25, 0.3) is 11.6 Å². The first-order valence-corrected chi connectivity index (χ1v) is 8.11. The topological polar surface area (TPSA) is 111 Å². The van der Waals surface area contributed by atoms with Crippen LogP contribution in [-0.2, 0) is 4.74 Å². The van der Waals surface area contributed by atoms with Crippen LogP contribution in [0.25, 0.3) is 10.9 Å². The summed E-state index contributed by atoms with van der Waals surface area (Å²) >= 11 is 0. The molecule has 0 bridgehead atoms. The van der Waals surface area contributed by atoms with Crippen LogP contribution in [0, 0.1) is 10.1 Å². The number of carbonyl (C=O) groups excluding carboxylic acids is 2. The highest BCUT2D eigenvalue weighted by Gasteiger charge is 2.19. The number of nitro benzene ring substituents is 1. The smallest absolute Gasteiger partial charge is 0.338 e. The number of nitro groups is 1. The van der Waals surface area contributed by atoms with Crippen LogP contribution in [0.2, 0.25) is 0 Å². The Morgan fingerprint density at radius 1 is 1.15 bits per heavy atom. The van der Waals surface area contributed by atoms with E-state index in [0.717, 1.165) is 17.5 Å². The number of aromatic nitrogens is 1. The van der Waals surface area contributed by atoms with Crippen molar-refractivity contribution in [3.8, 4) is 0 Å². The highest BCUT2D eigenvalue weighted by molar-refractivity contribution is 6.09. The Balaban J connectivity index is 1.98. The average molecular weight is 365 g/mol. The van der Waals surface area contributed by atoms with E-state index in [2.05, 4.69) is 10.3 Å². The quantitative estimate of drug-likeness (QED) is 0.420. The number of anilines is 1. The minimum absolute atomic E-state index is 0.0202. The summed E-state index contributed by atoms with van der Waals surface area (Å²) in [5, 5.41) is 14.6. The minimum atomic E-state index is -0.732. The molecule has 0 fully saturated rings. The lowest BCUT2D eigenvalue weighted by Gasteiger charge is -2.09. The SMILES string of the molecule is CCOC(=O)c1cc(C(=O)Nc2cccc3ncccc23)cc([N+](=O)[O-])c1. The zero-order chi connectivity index (χ0) is 19.4. The van der Waals surface area contributed by atoms with E-state index in [1.807, 2.05) is 0 Å². The fourth-order valence-electron chi connectivity index (χ4n) is 2.59. The number of esters is 1. The molecule has 1 N–H and O–H groups in total. The molecule has 3 aromatic rings. The van der Waals surface area contributed by atoms with E-state index < -0.39 is 16.8 Å². The monoisotopic (exact) mass is 365 g/mol. The maximum atomic E-state index is 12.7. The van der Waals surface area contributed by atoms with Crippen molar-refractivity contribution in [1.29, 1.82) is 0 Å². The van der Waals surface area contributed by atoms with Gasteiger partial charge in [-0.3, -0.25) is 19.9 Å². The van der Waals surface area contributed by atoms with Crippen LogP contribution in [0.4, 0.5) is 11.4 Å². The molecule has 8 heteroatoms. The molecule has 0 aliphatic carbocycles. The average Bonchev–Trinajstić information content (AvgIpc) is 2.68. The van der Waals surface area contributed by atoms with Gasteiger partial charge in [-0.05, 0) is 37.3 Å². The number of nitrogens with one attached hydrogen (secondary N) is 1. The van der Waals surface area contributed by atoms with Gasteiger partial charge in [-0.15, -0.1) is 0 Å². The predicted molar refractivity (Wildman–Crippen MR) is 98.7 cm³/mol. The van der Waals surface area contributed by atoms with Crippen molar-refractivity contribution in [1.82, 2.24) is 4.98 Å². The van der Waals surface area contributed by atoms with E-state index in [0.29, 0.717) is 11.2 Å². The largest absolute Gasteiger partial charge is 0.462 e. The zero-order valence-corrected chi connectivity index (χ0v) is 14.3. The normalized spacial score (nSPS) is 10.4. The van der Waals surface area contributed by atoms with Crippen LogP contribution in [-0.4, -0.2) is 28.4 Å². The van der Waals surface area contributed by atoms with Gasteiger partial charge in [-0.25, -0.2) is 4.79 Å². The number of hydrogen-bond donors (Lipinski definition) is 1. The van der Waals surface area contributed by atoms with Gasteiger partial charge in [0.05, 0.1) is 28.3 Å². The maximum absolute atomic E-state index is 12.7. The molecule has 0 spiro atoms. The molecular weight excluding hydrogens is 350 g/mol. The van der Waals surface area contributed by atoms with Gasteiger partial charge in [-0.1, -0.05) is 6.07 Å². The van der Waals surface area contributed by atoms with Gasteiger partial charge in [-0.2, -0.15) is 0 Å². The number of carbonyl (C=O) groups is 2. The van der Waals surface area contributed by atoms with Crippen LogP contribution in [0.1, 0.15) is 27.6 Å². The molecule has 0 saturated carbocycles. The summed E-state index contributed by atoms with van der Waals surface area (Å²) in [7, 11) is 0. The Morgan fingerprint density at radius 2 is 1.93 bits per heavy atom. The molecule has 136 valence electrons. The van der Waals surface area contributed by atoms with Gasteiger partial charge in [0.2, 0.25) is 0 Å². The van der Waals surface area contributed by atoms with Gasteiger partial charge in [0.15, 0.2) is 0 Å². The predicted octanol–water partition coefficient (Wildman–Crippen LogP) is 3.57. The van der Waals surface area contributed by atoms with Crippen molar-refractivity contribution in [3.63, 3.8) is 0 Å². The highest BCUT2D eigenvalue weighted by Crippen LogP contribution is 2.23. The lowest BCUT2D eigenvalue weighted by Crippen LogP contribution is -2.14. The van der Waals surface area contributed by atoms with Crippen molar-refractivity contribution in [2.45, 2.75) is 6.92 Å². The summed E-state index contributed by atoms with van der Waals surface area (Å²) < 4.78 is 4.87. The third-order valence-electron chi connectivity index (χ3n) is 3.80. The van der Waals surface area contributed by atoms with Crippen molar-refractivity contribution in [2.24, 2.45) is 0 Å². The number of amides is 1. The Labute approximate surface area is 153 Å². The molecule has 0 aliphatic heterocycles. The molecule has 3 rings (SSSR count). The lowest BCUT2D eigenvalue weighted by atomic mass is 10.1. The standard InChI is InChI=1S/C19H15N3O5/c1-2-27-19(24)13-9-12(10-14(11-13)22(25)26)18(23)21-17-7-3-6-16-15(17)5-4-8-20-16/h3-11H,2H2,1H3,(H,21,23). The summed E-state index contributed by atoms with van der Waals surface area (Å²) in [4.78, 5) is 39.3. The van der Waals surface area contributed by atoms with Crippen molar-refractivity contribution >= 4 is 34.2 Å². The Hall–Kier alpha value is -3.81. The molecule has 0 atom stereocenters. The third-order valence-corrected chi connectivity index (χ3v) is 3.80. The van der Waals surface area contributed by atoms with E-state index >= 15 is 0 Å². The second-order valence-corrected chi connectivity index (χ2v) is 5.58. The number of hydrogen-bond acceptors (Lipinski definition) is 6. The van der Waals surface area contributed by atoms with Gasteiger partial charge in [0, 0.05) is 29.3 Å². The maximum Gasteiger partial charge on any atom is 0.338 e. The first-order chi connectivity index (χ1) is 13.0. The number of benzene rings is 2. The molecule has 27 heavy (non-hydrogen) atoms. The molecule has 8 nitrogen and oxygen atoms in total. The van der Waals surface area contributed by atoms with Crippen molar-refractivity contribution in [3.05, 3.63) is 76.0 Å². The number of pyridine rings is 1. The third kappa shape index (κ3) is 3.90. The Bertz CT molecular complexity index is 1040. The molecule has 0 radical (unpaired) electrons. The van der Waals surface area contributed by atoms with Crippen molar-refractivity contribution < 1.29 is 19.2 Å². The number of rotatable bonds is 5. The van der Waals surface area contributed by atoms with E-state index in [1.54, 1.807) is 43.5 Å². The van der Waals surface area contributed by atoms with Crippen molar-refractivity contribution in [2.75, 3.05) is 11.9 Å². The highest BCUT2D eigenvalue weighted by atomic mass is 16.6. The number of ether oxygens (including phenoxy) is 1. The van der Waals surface area contributed by atoms with Crippen LogP contribution in [0.3, 0.4) is 0 Å². The van der Waals surface area contributed by atoms with E-state index in [4.69, 9.17) is 4.74 Å². The fraction of sp³-hybridized carbons (Fsp3) is 0.105. The number of non-ortho nitro benzene ring substituents is 1. The van der Waals surface area contributed by atoms with Gasteiger partial charge in [0.1, 0.15) is 0 Å². The molecule has 1 aromatic heterocycles. The molecule has 1 heterocycles. The van der Waals surface area contributed by atoms with E-state index in [1.165, 1.54) is 6.07 Å². The van der Waals surface area contributed by atoms with Crippen LogP contribution in [0.15, 0.2) is 54.7 Å². The van der Waals surface area contributed by atoms with Gasteiger partial charge < -0.3 is 10.1 Å². The molecule has 0 saturated heterocycles. The second-order valence-electron chi connectivity index (χ2n) is 5.58. The summed E-state index contributed by atoms with van der Waals surface area (Å²) in [6, 6.07) is 12.2. The molecule has 2 aromatic carbocycles. The molecular formula is C19H15N3O5. The first kappa shape index (κ1) is 18.0. The minimum Gasteiger partial charge on any atom is -0.462 e. The first-order valence-electron chi connectivity index (χ1n) is 8.11. The molecule has 1 amide bonds. The number of fused-ring (bicyclic) bond motifs is 1. The molecule has 0 aliphatic rings. The Kier molecular flexibility index (Phi) is 5.07. The summed E-state index contributed by atoms with van der Waals surface area (Å²) in [5.74, 6) is -1.31. The summed E-state index contributed by atoms with van der Waals surface area (Å²) in [6.45, 7) is 1.74. The summed E-state index contributed by atoms with van der Waals surface area (Å²) in [5.41, 5.74) is 0.755. The molecule has 0 unspecified atom stereocenters. The van der Waals surface area contributed by atoms with Crippen LogP contribution >= 0.6 is 0 Å². The second kappa shape index (κ2) is 7.61. The van der Waals surface area contributed by atoms with Gasteiger partial charge >= 0.3 is 5.97 Å². The van der Waals surface area contributed by atoms with E-state index in [9.17, 15) is 19.7 Å². The summed E-state index contributed by atoms with van der Waals surface area (Å²) in [6.07, 6.45) is 1.64. The lowest BCUT2D eigenvalue weighted by molar-refractivity contribution is -0.384. The van der Waals surface area contributed by atoms with Crippen LogP contribution in [0.5, 0.6) is 0 Å². The fourth-order valence-corrected chi connectivity index (χ4v) is 2.59. The number of nitrogens with zero attached hydrogens (tertiary/aromatic N) is 2. The van der Waals surface area contributed by atoms with Crippen LogP contribution < -0.4 is 5.32 Å². The zero-order valence-electron chi connectivity index (χ0n) is 14.3.